The zero-order valence-electron chi connectivity index (χ0n) is 14.6. The van der Waals surface area contributed by atoms with Crippen LogP contribution in [0.4, 0.5) is 14.5 Å². The number of hydrogen-bond donors (Lipinski definition) is 1. The zero-order valence-corrected chi connectivity index (χ0v) is 14.6. The van der Waals surface area contributed by atoms with Crippen LogP contribution in [-0.2, 0) is 4.79 Å². The predicted molar refractivity (Wildman–Crippen MR) is 96.8 cm³/mol. The number of hydrogen-bond acceptors (Lipinski definition) is 3. The van der Waals surface area contributed by atoms with E-state index in [9.17, 15) is 18.4 Å². The van der Waals surface area contributed by atoms with Crippen molar-refractivity contribution in [2.45, 2.75) is 19.5 Å². The first kappa shape index (κ1) is 18.8. The SMILES string of the molecule is O=C(Nc1ccccc1)C1CCN(C(=O)c2ccc(OC(F)F)cc2)CC1. The number of alkyl halides is 2. The lowest BCUT2D eigenvalue weighted by Gasteiger charge is -2.31. The number of amides is 2. The summed E-state index contributed by atoms with van der Waals surface area (Å²) in [6.07, 6.45) is 1.16. The van der Waals surface area contributed by atoms with Crippen molar-refractivity contribution in [2.75, 3.05) is 18.4 Å². The fraction of sp³-hybridized carbons (Fsp3) is 0.300. The molecule has 2 aromatic rings. The Kier molecular flexibility index (Phi) is 6.01. The maximum atomic E-state index is 12.5. The average molecular weight is 374 g/mol. The minimum atomic E-state index is -2.90. The predicted octanol–water partition coefficient (Wildman–Crippen LogP) is 3.78. The van der Waals surface area contributed by atoms with E-state index in [2.05, 4.69) is 10.1 Å². The second-order valence-electron chi connectivity index (χ2n) is 6.32. The number of rotatable bonds is 5. The van der Waals surface area contributed by atoms with Gasteiger partial charge in [-0.2, -0.15) is 8.78 Å². The van der Waals surface area contributed by atoms with Crippen molar-refractivity contribution in [1.29, 1.82) is 0 Å². The zero-order chi connectivity index (χ0) is 19.2. The first-order valence-corrected chi connectivity index (χ1v) is 8.73. The lowest BCUT2D eigenvalue weighted by molar-refractivity contribution is -0.121. The van der Waals surface area contributed by atoms with Crippen LogP contribution in [0, 0.1) is 5.92 Å². The number of carbonyl (C=O) groups excluding carboxylic acids is 2. The molecule has 1 aliphatic heterocycles. The fourth-order valence-electron chi connectivity index (χ4n) is 3.07. The number of nitrogens with zero attached hydrogens (tertiary/aromatic N) is 1. The Hall–Kier alpha value is -2.96. The molecule has 0 saturated carbocycles. The molecule has 1 aliphatic rings. The molecular weight excluding hydrogens is 354 g/mol. The van der Waals surface area contributed by atoms with Crippen LogP contribution in [0.25, 0.3) is 0 Å². The van der Waals surface area contributed by atoms with Gasteiger partial charge in [-0.3, -0.25) is 9.59 Å². The van der Waals surface area contributed by atoms with Crippen molar-refractivity contribution in [3.05, 3.63) is 60.2 Å². The molecule has 27 heavy (non-hydrogen) atoms. The van der Waals surface area contributed by atoms with E-state index in [-0.39, 0.29) is 23.5 Å². The van der Waals surface area contributed by atoms with Gasteiger partial charge in [-0.15, -0.1) is 0 Å². The molecule has 1 N–H and O–H groups in total. The van der Waals surface area contributed by atoms with Crippen LogP contribution in [0.3, 0.4) is 0 Å². The van der Waals surface area contributed by atoms with Crippen molar-refractivity contribution in [3.8, 4) is 5.75 Å². The third-order valence-electron chi connectivity index (χ3n) is 4.52. The van der Waals surface area contributed by atoms with E-state index < -0.39 is 6.61 Å². The standard InChI is InChI=1S/C20H20F2N2O3/c21-20(22)27-17-8-6-15(7-9-17)19(26)24-12-10-14(11-13-24)18(25)23-16-4-2-1-3-5-16/h1-9,14,20H,10-13H2,(H,23,25). The van der Waals surface area contributed by atoms with Gasteiger partial charge in [0.1, 0.15) is 5.75 Å². The van der Waals surface area contributed by atoms with Crippen LogP contribution in [0.5, 0.6) is 5.75 Å². The van der Waals surface area contributed by atoms with Crippen LogP contribution in [-0.4, -0.2) is 36.4 Å². The molecule has 3 rings (SSSR count). The van der Waals surface area contributed by atoms with Gasteiger partial charge in [0.2, 0.25) is 5.91 Å². The molecule has 0 aliphatic carbocycles. The molecule has 0 radical (unpaired) electrons. The van der Waals surface area contributed by atoms with Gasteiger partial charge in [-0.25, -0.2) is 0 Å². The second kappa shape index (κ2) is 8.62. The molecule has 2 aromatic carbocycles. The molecule has 142 valence electrons. The van der Waals surface area contributed by atoms with Crippen LogP contribution < -0.4 is 10.1 Å². The number of halogens is 2. The maximum absolute atomic E-state index is 12.5. The lowest BCUT2D eigenvalue weighted by Crippen LogP contribution is -2.41. The number of ether oxygens (including phenoxy) is 1. The summed E-state index contributed by atoms with van der Waals surface area (Å²) in [5.74, 6) is -0.351. The highest BCUT2D eigenvalue weighted by Gasteiger charge is 2.28. The Bertz CT molecular complexity index is 774. The maximum Gasteiger partial charge on any atom is 0.387 e. The van der Waals surface area contributed by atoms with Crippen LogP contribution in [0.1, 0.15) is 23.2 Å². The molecule has 2 amide bonds. The number of nitrogens with one attached hydrogen (secondary N) is 1. The molecule has 7 heteroatoms. The molecular formula is C20H20F2N2O3. The Labute approximate surface area is 155 Å². The van der Waals surface area contributed by atoms with E-state index in [0.717, 1.165) is 5.69 Å². The monoisotopic (exact) mass is 374 g/mol. The summed E-state index contributed by atoms with van der Waals surface area (Å²) in [5.41, 5.74) is 1.16. The highest BCUT2D eigenvalue weighted by molar-refractivity contribution is 5.95. The van der Waals surface area contributed by atoms with E-state index in [1.54, 1.807) is 4.90 Å². The summed E-state index contributed by atoms with van der Waals surface area (Å²) in [6, 6.07) is 14.9. The third-order valence-corrected chi connectivity index (χ3v) is 4.52. The topological polar surface area (TPSA) is 58.6 Å². The fourth-order valence-corrected chi connectivity index (χ4v) is 3.07. The largest absolute Gasteiger partial charge is 0.435 e. The Morgan fingerprint density at radius 2 is 1.63 bits per heavy atom. The number of anilines is 1. The molecule has 1 saturated heterocycles. The summed E-state index contributed by atoms with van der Waals surface area (Å²) in [6.45, 7) is -1.95. The van der Waals surface area contributed by atoms with Gasteiger partial charge in [0.05, 0.1) is 0 Å². The van der Waals surface area contributed by atoms with E-state index in [4.69, 9.17) is 0 Å². The summed E-state index contributed by atoms with van der Waals surface area (Å²) in [5, 5.41) is 2.89. The van der Waals surface area contributed by atoms with Gasteiger partial charge >= 0.3 is 6.61 Å². The normalized spacial score (nSPS) is 14.9. The molecule has 0 bridgehead atoms. The van der Waals surface area contributed by atoms with Crippen molar-refractivity contribution in [1.82, 2.24) is 4.90 Å². The van der Waals surface area contributed by atoms with Crippen LogP contribution in [0.15, 0.2) is 54.6 Å². The first-order valence-electron chi connectivity index (χ1n) is 8.73. The van der Waals surface area contributed by atoms with Crippen LogP contribution >= 0.6 is 0 Å². The molecule has 0 spiro atoms. The van der Waals surface area contributed by atoms with Gasteiger partial charge in [-0.05, 0) is 49.2 Å². The van der Waals surface area contributed by atoms with E-state index in [1.807, 2.05) is 30.3 Å². The van der Waals surface area contributed by atoms with Crippen molar-refractivity contribution < 1.29 is 23.1 Å². The van der Waals surface area contributed by atoms with Gasteiger partial charge in [0, 0.05) is 30.3 Å². The quantitative estimate of drug-likeness (QED) is 0.867. The number of benzene rings is 2. The van der Waals surface area contributed by atoms with Gasteiger partial charge in [0.25, 0.3) is 5.91 Å². The molecule has 0 unspecified atom stereocenters. The molecule has 0 aromatic heterocycles. The Morgan fingerprint density at radius 1 is 1.00 bits per heavy atom. The molecule has 0 atom stereocenters. The summed E-state index contributed by atoms with van der Waals surface area (Å²) in [4.78, 5) is 26.6. The number of likely N-dealkylation sites (tertiary alicyclic amines) is 1. The van der Waals surface area contributed by atoms with E-state index in [0.29, 0.717) is 31.5 Å². The highest BCUT2D eigenvalue weighted by atomic mass is 19.3. The Morgan fingerprint density at radius 3 is 2.22 bits per heavy atom. The molecule has 1 fully saturated rings. The number of carbonyl (C=O) groups is 2. The van der Waals surface area contributed by atoms with E-state index >= 15 is 0 Å². The lowest BCUT2D eigenvalue weighted by atomic mass is 9.95. The van der Waals surface area contributed by atoms with Gasteiger partial charge in [0.15, 0.2) is 0 Å². The van der Waals surface area contributed by atoms with E-state index in [1.165, 1.54) is 24.3 Å². The van der Waals surface area contributed by atoms with Crippen LogP contribution in [0.2, 0.25) is 0 Å². The highest BCUT2D eigenvalue weighted by Crippen LogP contribution is 2.22. The van der Waals surface area contributed by atoms with Crippen molar-refractivity contribution >= 4 is 17.5 Å². The van der Waals surface area contributed by atoms with Crippen molar-refractivity contribution in [2.24, 2.45) is 5.92 Å². The Balaban J connectivity index is 1.52. The smallest absolute Gasteiger partial charge is 0.387 e. The molecule has 1 heterocycles. The number of para-hydroxylation sites is 1. The minimum absolute atomic E-state index is 0.0119. The third kappa shape index (κ3) is 5.03. The summed E-state index contributed by atoms with van der Waals surface area (Å²) in [7, 11) is 0. The second-order valence-corrected chi connectivity index (χ2v) is 6.32. The summed E-state index contributed by atoms with van der Waals surface area (Å²) < 4.78 is 28.6. The van der Waals surface area contributed by atoms with Crippen molar-refractivity contribution in [3.63, 3.8) is 0 Å². The minimum Gasteiger partial charge on any atom is -0.435 e. The van der Waals surface area contributed by atoms with Gasteiger partial charge in [-0.1, -0.05) is 18.2 Å². The average Bonchev–Trinajstić information content (AvgIpc) is 2.68. The van der Waals surface area contributed by atoms with Gasteiger partial charge < -0.3 is 15.0 Å². The molecule has 5 nitrogen and oxygen atoms in total. The first-order chi connectivity index (χ1) is 13.0. The number of piperidine rings is 1. The summed E-state index contributed by atoms with van der Waals surface area (Å²) >= 11 is 0.